The normalized spacial score (nSPS) is 10.5. The number of nitrogen functional groups attached to an aromatic ring is 1. The average molecular weight is 429 g/mol. The second-order valence-corrected chi connectivity index (χ2v) is 6.47. The fraction of sp³-hybridized carbons (Fsp3) is 0.158. The van der Waals surface area contributed by atoms with Gasteiger partial charge in [0.15, 0.2) is 12.4 Å². The van der Waals surface area contributed by atoms with Gasteiger partial charge in [0.05, 0.1) is 15.5 Å². The first-order chi connectivity index (χ1) is 14.4. The molecule has 0 aliphatic carbocycles. The molecule has 154 valence electrons. The van der Waals surface area contributed by atoms with Crippen LogP contribution in [0.25, 0.3) is 0 Å². The number of anilines is 3. The Morgan fingerprint density at radius 2 is 2.00 bits per heavy atom. The zero-order valence-electron chi connectivity index (χ0n) is 15.8. The Morgan fingerprint density at radius 1 is 1.23 bits per heavy atom. The number of non-ortho nitro benzene ring substituents is 1. The number of carbonyl (C=O) groups excluding carboxylic acids is 1. The van der Waals surface area contributed by atoms with Crippen molar-refractivity contribution >= 4 is 40.8 Å². The fourth-order valence-electron chi connectivity index (χ4n) is 2.62. The second kappa shape index (κ2) is 9.14. The van der Waals surface area contributed by atoms with Gasteiger partial charge in [-0.3, -0.25) is 10.1 Å². The van der Waals surface area contributed by atoms with E-state index in [0.717, 1.165) is 23.7 Å². The summed E-state index contributed by atoms with van der Waals surface area (Å²) in [6, 6.07) is 11.1. The van der Waals surface area contributed by atoms with Crippen LogP contribution in [0.2, 0.25) is 5.02 Å². The smallest absolute Gasteiger partial charge is 0.340 e. The van der Waals surface area contributed by atoms with Crippen LogP contribution in [0.15, 0.2) is 42.5 Å². The maximum absolute atomic E-state index is 12.3. The summed E-state index contributed by atoms with van der Waals surface area (Å²) in [5.41, 5.74) is 7.20. The molecule has 0 aliphatic rings. The molecule has 0 saturated heterocycles. The first-order valence-corrected chi connectivity index (χ1v) is 9.21. The summed E-state index contributed by atoms with van der Waals surface area (Å²) in [6.45, 7) is 1.70. The van der Waals surface area contributed by atoms with Crippen LogP contribution in [0, 0.1) is 10.1 Å². The summed E-state index contributed by atoms with van der Waals surface area (Å²) in [4.78, 5) is 34.8. The van der Waals surface area contributed by atoms with Crippen LogP contribution >= 0.6 is 11.6 Å². The van der Waals surface area contributed by atoms with E-state index >= 15 is 0 Å². The second-order valence-electron chi connectivity index (χ2n) is 6.07. The molecule has 3 N–H and O–H groups in total. The Hall–Kier alpha value is -3.79. The third kappa shape index (κ3) is 4.97. The van der Waals surface area contributed by atoms with E-state index in [0.29, 0.717) is 0 Å². The van der Waals surface area contributed by atoms with Crippen molar-refractivity contribution in [3.8, 4) is 0 Å². The average Bonchev–Trinajstić information content (AvgIpc) is 2.72. The highest BCUT2D eigenvalue weighted by Gasteiger charge is 2.18. The number of benzene rings is 2. The SMILES string of the molecule is CCc1ccccc1Nc1nc(N)nc(COC(=O)c2cc([N+](=O)[O-])ccc2Cl)n1. The van der Waals surface area contributed by atoms with E-state index < -0.39 is 10.9 Å². The number of nitrogens with zero attached hydrogens (tertiary/aromatic N) is 4. The Kier molecular flexibility index (Phi) is 6.38. The topological polar surface area (TPSA) is 146 Å². The van der Waals surface area contributed by atoms with Gasteiger partial charge in [-0.2, -0.15) is 15.0 Å². The van der Waals surface area contributed by atoms with Gasteiger partial charge in [0.2, 0.25) is 11.9 Å². The zero-order chi connectivity index (χ0) is 21.7. The Bertz CT molecular complexity index is 1110. The van der Waals surface area contributed by atoms with Crippen LogP contribution in [0.3, 0.4) is 0 Å². The monoisotopic (exact) mass is 428 g/mol. The number of nitro groups is 1. The standard InChI is InChI=1S/C19H17ClN6O4/c1-2-11-5-3-4-6-15(11)22-19-24-16(23-18(21)25-19)10-30-17(27)13-9-12(26(28)29)7-8-14(13)20/h3-9H,2,10H2,1H3,(H3,21,22,23,24,25). The number of nitrogens with one attached hydrogen (secondary N) is 1. The highest BCUT2D eigenvalue weighted by Crippen LogP contribution is 2.23. The zero-order valence-corrected chi connectivity index (χ0v) is 16.6. The molecule has 11 heteroatoms. The highest BCUT2D eigenvalue weighted by molar-refractivity contribution is 6.33. The molecule has 0 spiro atoms. The molecule has 30 heavy (non-hydrogen) atoms. The van der Waals surface area contributed by atoms with Gasteiger partial charge < -0.3 is 15.8 Å². The maximum Gasteiger partial charge on any atom is 0.340 e. The number of carbonyl (C=O) groups is 1. The van der Waals surface area contributed by atoms with Crippen LogP contribution in [-0.2, 0) is 17.8 Å². The number of aromatic nitrogens is 3. The number of ether oxygens (including phenoxy) is 1. The molecule has 0 fully saturated rings. The molecule has 3 aromatic rings. The van der Waals surface area contributed by atoms with Crippen molar-refractivity contribution in [3.05, 3.63) is 74.6 Å². The van der Waals surface area contributed by atoms with Gasteiger partial charge in [0, 0.05) is 17.8 Å². The lowest BCUT2D eigenvalue weighted by molar-refractivity contribution is -0.384. The van der Waals surface area contributed by atoms with Crippen molar-refractivity contribution in [3.63, 3.8) is 0 Å². The maximum atomic E-state index is 12.3. The molecule has 3 rings (SSSR count). The van der Waals surface area contributed by atoms with Crippen molar-refractivity contribution in [1.82, 2.24) is 15.0 Å². The predicted molar refractivity (Wildman–Crippen MR) is 111 cm³/mol. The van der Waals surface area contributed by atoms with Gasteiger partial charge in [0.1, 0.15) is 0 Å². The lowest BCUT2D eigenvalue weighted by Crippen LogP contribution is -2.12. The van der Waals surface area contributed by atoms with E-state index in [1.807, 2.05) is 31.2 Å². The molecule has 0 bridgehead atoms. The molecule has 0 radical (unpaired) electrons. The third-order valence-corrected chi connectivity index (χ3v) is 4.39. The lowest BCUT2D eigenvalue weighted by Gasteiger charge is -2.11. The van der Waals surface area contributed by atoms with Crippen LogP contribution in [0.1, 0.15) is 28.7 Å². The number of nitrogens with two attached hydrogens (primary N) is 1. The van der Waals surface area contributed by atoms with Gasteiger partial charge in [-0.15, -0.1) is 0 Å². The number of hydrogen-bond donors (Lipinski definition) is 2. The highest BCUT2D eigenvalue weighted by atomic mass is 35.5. The molecule has 10 nitrogen and oxygen atoms in total. The fourth-order valence-corrected chi connectivity index (χ4v) is 2.82. The van der Waals surface area contributed by atoms with Crippen molar-refractivity contribution < 1.29 is 14.5 Å². The summed E-state index contributed by atoms with van der Waals surface area (Å²) in [6.07, 6.45) is 0.804. The number of nitro benzene ring substituents is 1. The van der Waals surface area contributed by atoms with Gasteiger partial charge in [0.25, 0.3) is 5.69 Å². The van der Waals surface area contributed by atoms with Crippen molar-refractivity contribution in [2.75, 3.05) is 11.1 Å². The molecule has 0 amide bonds. The van der Waals surface area contributed by atoms with Crippen LogP contribution < -0.4 is 11.1 Å². The molecule has 1 heterocycles. The predicted octanol–water partition coefficient (Wildman–Crippen LogP) is 3.68. The van der Waals surface area contributed by atoms with Crippen LogP contribution in [0.4, 0.5) is 23.3 Å². The van der Waals surface area contributed by atoms with Crippen LogP contribution in [0.5, 0.6) is 0 Å². The van der Waals surface area contributed by atoms with Gasteiger partial charge in [-0.25, -0.2) is 4.79 Å². The van der Waals surface area contributed by atoms with E-state index in [4.69, 9.17) is 22.1 Å². The molecular formula is C19H17ClN6O4. The van der Waals surface area contributed by atoms with Gasteiger partial charge in [-0.05, 0) is 24.1 Å². The van der Waals surface area contributed by atoms with Crippen molar-refractivity contribution in [2.45, 2.75) is 20.0 Å². The van der Waals surface area contributed by atoms with E-state index in [1.54, 1.807) is 0 Å². The number of halogens is 1. The molecule has 0 atom stereocenters. The Balaban J connectivity index is 1.75. The first-order valence-electron chi connectivity index (χ1n) is 8.83. The number of rotatable bonds is 7. The minimum Gasteiger partial charge on any atom is -0.454 e. The minimum atomic E-state index is -0.853. The third-order valence-electron chi connectivity index (χ3n) is 4.06. The Labute approximate surface area is 176 Å². The van der Waals surface area contributed by atoms with Gasteiger partial charge >= 0.3 is 5.97 Å². The van der Waals surface area contributed by atoms with Gasteiger partial charge in [-0.1, -0.05) is 36.7 Å². The molecule has 0 saturated carbocycles. The van der Waals surface area contributed by atoms with E-state index in [1.165, 1.54) is 12.1 Å². The molecular weight excluding hydrogens is 412 g/mol. The molecule has 1 aromatic heterocycles. The molecule has 0 unspecified atom stereocenters. The summed E-state index contributed by atoms with van der Waals surface area (Å²) in [7, 11) is 0. The summed E-state index contributed by atoms with van der Waals surface area (Å²) < 4.78 is 5.15. The lowest BCUT2D eigenvalue weighted by atomic mass is 10.1. The van der Waals surface area contributed by atoms with Crippen LogP contribution in [-0.4, -0.2) is 25.8 Å². The number of esters is 1. The number of aryl methyl sites for hydroxylation is 1. The number of para-hydroxylation sites is 1. The largest absolute Gasteiger partial charge is 0.454 e. The van der Waals surface area contributed by atoms with Crippen molar-refractivity contribution in [2.24, 2.45) is 0 Å². The summed E-state index contributed by atoms with van der Waals surface area (Å²) in [5, 5.41) is 14.0. The first kappa shape index (κ1) is 20.9. The van der Waals surface area contributed by atoms with E-state index in [9.17, 15) is 14.9 Å². The van der Waals surface area contributed by atoms with E-state index in [2.05, 4.69) is 20.3 Å². The summed E-state index contributed by atoms with van der Waals surface area (Å²) >= 11 is 5.95. The minimum absolute atomic E-state index is 0.0271. The Morgan fingerprint density at radius 3 is 2.73 bits per heavy atom. The number of hydrogen-bond acceptors (Lipinski definition) is 9. The molecule has 0 aliphatic heterocycles. The summed E-state index contributed by atoms with van der Waals surface area (Å²) in [5.74, 6) is -0.605. The molecule has 2 aromatic carbocycles. The quantitative estimate of drug-likeness (QED) is 0.326. The van der Waals surface area contributed by atoms with E-state index in [-0.39, 0.29) is 40.6 Å². The van der Waals surface area contributed by atoms with Crippen molar-refractivity contribution in [1.29, 1.82) is 0 Å².